The summed E-state index contributed by atoms with van der Waals surface area (Å²) >= 11 is 0. The minimum atomic E-state index is -3.39. The zero-order valence-corrected chi connectivity index (χ0v) is 8.94. The molecule has 2 aromatic rings. The third-order valence-corrected chi connectivity index (χ3v) is 2.45. The Hall–Kier alpha value is -1.40. The fraction of sp³-hybridized carbons (Fsp3) is 0.222. The second-order valence-corrected chi connectivity index (χ2v) is 4.84. The van der Waals surface area contributed by atoms with Crippen LogP contribution in [-0.4, -0.2) is 24.1 Å². The van der Waals surface area contributed by atoms with Crippen LogP contribution in [0.5, 0.6) is 0 Å². The summed E-state index contributed by atoms with van der Waals surface area (Å²) in [6.45, 7) is 0.0438. The molecule has 0 saturated heterocycles. The van der Waals surface area contributed by atoms with E-state index in [1.165, 1.54) is 0 Å². The average Bonchev–Trinajstić information content (AvgIpc) is 2.60. The molecule has 0 unspecified atom stereocenters. The molecule has 2 aromatic heterocycles. The third-order valence-electron chi connectivity index (χ3n) is 1.90. The van der Waals surface area contributed by atoms with Crippen molar-refractivity contribution in [3.05, 3.63) is 36.3 Å². The molecule has 2 rings (SSSR count). The molecule has 0 bridgehead atoms. The molecule has 0 aliphatic heterocycles. The normalized spacial score (nSPS) is 12.1. The molecule has 6 heteroatoms. The predicted octanol–water partition coefficient (Wildman–Crippen LogP) is 0.810. The quantitative estimate of drug-likeness (QED) is 0.727. The van der Waals surface area contributed by atoms with Gasteiger partial charge in [-0.15, -0.1) is 0 Å². The van der Waals surface area contributed by atoms with E-state index in [0.717, 1.165) is 17.5 Å². The number of aromatic nitrogens is 2. The highest BCUT2D eigenvalue weighted by Gasteiger charge is 2.03. The maximum Gasteiger partial charge on any atom is 0.264 e. The molecular formula is C9H10N2O3S. The molecule has 0 radical (unpaired) electrons. The molecule has 5 nitrogen and oxygen atoms in total. The number of fused-ring (bicyclic) bond motifs is 1. The summed E-state index contributed by atoms with van der Waals surface area (Å²) in [6, 6.07) is 3.57. The van der Waals surface area contributed by atoms with Crippen LogP contribution in [0.15, 0.2) is 30.7 Å². The zero-order valence-electron chi connectivity index (χ0n) is 8.12. The van der Waals surface area contributed by atoms with Crippen molar-refractivity contribution in [2.45, 2.75) is 6.61 Å². The van der Waals surface area contributed by atoms with Gasteiger partial charge in [0.25, 0.3) is 10.1 Å². The smallest absolute Gasteiger partial charge is 0.264 e. The van der Waals surface area contributed by atoms with Crippen LogP contribution in [-0.2, 0) is 20.9 Å². The Balaban J connectivity index is 2.21. The molecule has 2 heterocycles. The van der Waals surface area contributed by atoms with Crippen molar-refractivity contribution in [2.75, 3.05) is 6.26 Å². The van der Waals surface area contributed by atoms with Crippen LogP contribution in [0.25, 0.3) is 5.65 Å². The van der Waals surface area contributed by atoms with Gasteiger partial charge < -0.3 is 4.40 Å². The topological polar surface area (TPSA) is 60.7 Å². The van der Waals surface area contributed by atoms with Crippen molar-refractivity contribution in [1.29, 1.82) is 0 Å². The lowest BCUT2D eigenvalue weighted by Gasteiger charge is -2.01. The van der Waals surface area contributed by atoms with E-state index in [1.54, 1.807) is 18.3 Å². The van der Waals surface area contributed by atoms with Gasteiger partial charge in [-0.1, -0.05) is 0 Å². The number of nitrogens with zero attached hydrogens (tertiary/aromatic N) is 2. The van der Waals surface area contributed by atoms with Crippen molar-refractivity contribution in [2.24, 2.45) is 0 Å². The Morgan fingerprint density at radius 2 is 2.27 bits per heavy atom. The first kappa shape index (κ1) is 10.1. The number of rotatable bonds is 3. The molecule has 0 aromatic carbocycles. The summed E-state index contributed by atoms with van der Waals surface area (Å²) in [5.41, 5.74) is 1.55. The highest BCUT2D eigenvalue weighted by molar-refractivity contribution is 7.85. The van der Waals surface area contributed by atoms with Crippen LogP contribution in [0.3, 0.4) is 0 Å². The van der Waals surface area contributed by atoms with E-state index in [4.69, 9.17) is 0 Å². The summed E-state index contributed by atoms with van der Waals surface area (Å²) in [7, 11) is -3.39. The maximum atomic E-state index is 10.8. The van der Waals surface area contributed by atoms with Crippen molar-refractivity contribution < 1.29 is 12.6 Å². The van der Waals surface area contributed by atoms with E-state index >= 15 is 0 Å². The average molecular weight is 226 g/mol. The standard InChI is InChI=1S/C9H10N2O3S/c1-15(12,13)14-7-8-2-4-11-5-3-10-9(11)6-8/h2-6H,7H2,1H3. The van der Waals surface area contributed by atoms with Crippen molar-refractivity contribution >= 4 is 15.8 Å². The van der Waals surface area contributed by atoms with Crippen LogP contribution in [0.1, 0.15) is 5.56 Å². The Morgan fingerprint density at radius 3 is 3.00 bits per heavy atom. The number of hydrogen-bond donors (Lipinski definition) is 0. The summed E-state index contributed by atoms with van der Waals surface area (Å²) in [6.07, 6.45) is 6.33. The highest BCUT2D eigenvalue weighted by Crippen LogP contribution is 2.07. The summed E-state index contributed by atoms with van der Waals surface area (Å²) in [4.78, 5) is 4.08. The zero-order chi connectivity index (χ0) is 10.9. The first-order valence-corrected chi connectivity index (χ1v) is 6.12. The van der Waals surface area contributed by atoms with Gasteiger partial charge in [0.2, 0.25) is 0 Å². The van der Waals surface area contributed by atoms with Crippen molar-refractivity contribution in [3.63, 3.8) is 0 Å². The number of pyridine rings is 1. The number of hydrogen-bond acceptors (Lipinski definition) is 4. The van der Waals surface area contributed by atoms with Crippen LogP contribution in [0.4, 0.5) is 0 Å². The van der Waals surface area contributed by atoms with E-state index < -0.39 is 10.1 Å². The van der Waals surface area contributed by atoms with Crippen molar-refractivity contribution in [1.82, 2.24) is 9.38 Å². The van der Waals surface area contributed by atoms with E-state index in [-0.39, 0.29) is 6.61 Å². The van der Waals surface area contributed by atoms with Gasteiger partial charge in [0.1, 0.15) is 5.65 Å². The number of imidazole rings is 1. The summed E-state index contributed by atoms with van der Waals surface area (Å²) in [5.74, 6) is 0. The molecule has 0 aliphatic rings. The molecule has 0 amide bonds. The van der Waals surface area contributed by atoms with Gasteiger partial charge in [-0.2, -0.15) is 8.42 Å². The maximum absolute atomic E-state index is 10.8. The van der Waals surface area contributed by atoms with Crippen LogP contribution in [0, 0.1) is 0 Å². The predicted molar refractivity (Wildman–Crippen MR) is 54.8 cm³/mol. The Labute approximate surface area is 87.4 Å². The molecule has 0 atom stereocenters. The molecule has 15 heavy (non-hydrogen) atoms. The highest BCUT2D eigenvalue weighted by atomic mass is 32.2. The second kappa shape index (κ2) is 3.63. The van der Waals surface area contributed by atoms with Gasteiger partial charge in [0.05, 0.1) is 12.9 Å². The molecule has 0 aliphatic carbocycles. The van der Waals surface area contributed by atoms with Gasteiger partial charge in [-0.05, 0) is 17.7 Å². The second-order valence-electron chi connectivity index (χ2n) is 3.19. The molecule has 0 N–H and O–H groups in total. The third kappa shape index (κ3) is 2.54. The Morgan fingerprint density at radius 1 is 1.47 bits per heavy atom. The fourth-order valence-corrected chi connectivity index (χ4v) is 1.57. The molecule has 0 saturated carbocycles. The van der Waals surface area contributed by atoms with Crippen LogP contribution >= 0.6 is 0 Å². The first-order chi connectivity index (χ1) is 7.04. The van der Waals surface area contributed by atoms with E-state index in [9.17, 15) is 8.42 Å². The lowest BCUT2D eigenvalue weighted by atomic mass is 10.3. The minimum absolute atomic E-state index is 0.0438. The van der Waals surface area contributed by atoms with Crippen LogP contribution in [0.2, 0.25) is 0 Å². The summed E-state index contributed by atoms with van der Waals surface area (Å²) in [5, 5.41) is 0. The lowest BCUT2D eigenvalue weighted by Crippen LogP contribution is -2.02. The van der Waals surface area contributed by atoms with E-state index in [1.807, 2.05) is 16.8 Å². The van der Waals surface area contributed by atoms with E-state index in [2.05, 4.69) is 9.17 Å². The Bertz CT molecular complexity index is 574. The molecular weight excluding hydrogens is 216 g/mol. The first-order valence-electron chi connectivity index (χ1n) is 4.30. The van der Waals surface area contributed by atoms with Gasteiger partial charge in [0, 0.05) is 18.6 Å². The van der Waals surface area contributed by atoms with E-state index in [0.29, 0.717) is 0 Å². The van der Waals surface area contributed by atoms with Gasteiger partial charge in [-0.3, -0.25) is 4.18 Å². The SMILES string of the molecule is CS(=O)(=O)OCc1ccn2ccnc2c1. The fourth-order valence-electron chi connectivity index (χ4n) is 1.22. The van der Waals surface area contributed by atoms with Crippen molar-refractivity contribution in [3.8, 4) is 0 Å². The van der Waals surface area contributed by atoms with Gasteiger partial charge in [-0.25, -0.2) is 4.98 Å². The molecule has 0 fully saturated rings. The monoisotopic (exact) mass is 226 g/mol. The van der Waals surface area contributed by atoms with Crippen LogP contribution < -0.4 is 0 Å². The molecule has 0 spiro atoms. The molecule has 80 valence electrons. The largest absolute Gasteiger partial charge is 0.307 e. The minimum Gasteiger partial charge on any atom is -0.307 e. The Kier molecular flexibility index (Phi) is 2.45. The van der Waals surface area contributed by atoms with Gasteiger partial charge >= 0.3 is 0 Å². The van der Waals surface area contributed by atoms with Gasteiger partial charge in [0.15, 0.2) is 0 Å². The lowest BCUT2D eigenvalue weighted by molar-refractivity contribution is 0.311. The summed E-state index contributed by atoms with van der Waals surface area (Å²) < 4.78 is 28.1.